The van der Waals surface area contributed by atoms with Crippen molar-refractivity contribution in [1.82, 2.24) is 15.1 Å². The van der Waals surface area contributed by atoms with E-state index < -0.39 is 0 Å². The van der Waals surface area contributed by atoms with Gasteiger partial charge in [-0.15, -0.1) is 0 Å². The molecular formula is C19H24N4O2. The lowest BCUT2D eigenvalue weighted by atomic mass is 9.84. The largest absolute Gasteiger partial charge is 0.497 e. The Morgan fingerprint density at radius 3 is 2.72 bits per heavy atom. The molecule has 4 atom stereocenters. The van der Waals surface area contributed by atoms with Gasteiger partial charge in [-0.25, -0.2) is 4.68 Å². The third-order valence-electron chi connectivity index (χ3n) is 5.71. The molecule has 4 unspecified atom stereocenters. The molecule has 0 radical (unpaired) electrons. The van der Waals surface area contributed by atoms with Crippen LogP contribution in [0, 0.1) is 17.8 Å². The van der Waals surface area contributed by atoms with Crippen molar-refractivity contribution in [3.8, 4) is 11.4 Å². The van der Waals surface area contributed by atoms with E-state index >= 15 is 0 Å². The standard InChI is InChI=1S/C19H24N4O2/c1-25-16-6-4-15(5-7-16)23-9-8-14(22-23)11-21-19(24)17-12-2-3-13(10-12)18(17)20/h4-9,12-13,17-18H,2-3,10-11,20H2,1H3,(H,21,24). The number of nitrogens with zero attached hydrogens (tertiary/aromatic N) is 2. The van der Waals surface area contributed by atoms with Gasteiger partial charge < -0.3 is 15.8 Å². The van der Waals surface area contributed by atoms with Crippen molar-refractivity contribution in [2.45, 2.75) is 31.8 Å². The number of nitrogens with two attached hydrogens (primary N) is 1. The second-order valence-electron chi connectivity index (χ2n) is 7.10. The average Bonchev–Trinajstić information content (AvgIpc) is 3.36. The van der Waals surface area contributed by atoms with Crippen LogP contribution in [0.15, 0.2) is 36.5 Å². The lowest BCUT2D eigenvalue weighted by molar-refractivity contribution is -0.127. The quantitative estimate of drug-likeness (QED) is 0.870. The minimum atomic E-state index is -0.0255. The van der Waals surface area contributed by atoms with E-state index in [1.54, 1.807) is 11.8 Å². The zero-order valence-corrected chi connectivity index (χ0v) is 14.4. The molecule has 2 fully saturated rings. The summed E-state index contributed by atoms with van der Waals surface area (Å²) in [6, 6.07) is 9.63. The third kappa shape index (κ3) is 3.02. The molecule has 6 nitrogen and oxygen atoms in total. The van der Waals surface area contributed by atoms with Gasteiger partial charge in [0.25, 0.3) is 0 Å². The highest BCUT2D eigenvalue weighted by atomic mass is 16.5. The van der Waals surface area contributed by atoms with Crippen molar-refractivity contribution >= 4 is 5.91 Å². The molecule has 2 aliphatic rings. The summed E-state index contributed by atoms with van der Waals surface area (Å²) in [5.41, 5.74) is 8.03. The Balaban J connectivity index is 1.37. The molecule has 0 saturated heterocycles. The van der Waals surface area contributed by atoms with Crippen LogP contribution in [0.4, 0.5) is 0 Å². The predicted octanol–water partition coefficient (Wildman–Crippen LogP) is 1.87. The van der Waals surface area contributed by atoms with Gasteiger partial charge in [0.15, 0.2) is 0 Å². The van der Waals surface area contributed by atoms with E-state index in [0.29, 0.717) is 18.4 Å². The zero-order chi connectivity index (χ0) is 17.4. The molecule has 1 aromatic carbocycles. The van der Waals surface area contributed by atoms with Gasteiger partial charge in [-0.05, 0) is 61.4 Å². The summed E-state index contributed by atoms with van der Waals surface area (Å²) in [4.78, 5) is 12.5. The second kappa shape index (κ2) is 6.52. The molecule has 2 aromatic rings. The Bertz CT molecular complexity index is 753. The van der Waals surface area contributed by atoms with Crippen LogP contribution in [0.5, 0.6) is 5.75 Å². The Morgan fingerprint density at radius 2 is 2.04 bits per heavy atom. The van der Waals surface area contributed by atoms with Crippen LogP contribution < -0.4 is 15.8 Å². The number of carbonyl (C=O) groups excluding carboxylic acids is 1. The monoisotopic (exact) mass is 340 g/mol. The number of nitrogens with one attached hydrogen (secondary N) is 1. The topological polar surface area (TPSA) is 82.2 Å². The molecule has 132 valence electrons. The highest BCUT2D eigenvalue weighted by molar-refractivity contribution is 5.80. The number of methoxy groups -OCH3 is 1. The molecule has 25 heavy (non-hydrogen) atoms. The van der Waals surface area contributed by atoms with Gasteiger partial charge in [0, 0.05) is 12.2 Å². The summed E-state index contributed by atoms with van der Waals surface area (Å²) in [6.45, 7) is 0.433. The number of rotatable bonds is 5. The van der Waals surface area contributed by atoms with Crippen molar-refractivity contribution < 1.29 is 9.53 Å². The normalized spacial score (nSPS) is 27.4. The van der Waals surface area contributed by atoms with Gasteiger partial charge >= 0.3 is 0 Å². The van der Waals surface area contributed by atoms with Gasteiger partial charge in [0.1, 0.15) is 5.75 Å². The maximum Gasteiger partial charge on any atom is 0.225 e. The van der Waals surface area contributed by atoms with E-state index in [4.69, 9.17) is 10.5 Å². The van der Waals surface area contributed by atoms with Crippen molar-refractivity contribution in [2.75, 3.05) is 7.11 Å². The molecule has 1 amide bonds. The minimum absolute atomic E-state index is 0.0237. The number of benzene rings is 1. The molecule has 1 heterocycles. The number of ether oxygens (including phenoxy) is 1. The van der Waals surface area contributed by atoms with E-state index in [0.717, 1.165) is 30.0 Å². The minimum Gasteiger partial charge on any atom is -0.497 e. The Labute approximate surface area is 147 Å². The molecule has 0 aliphatic heterocycles. The number of aromatic nitrogens is 2. The summed E-state index contributed by atoms with van der Waals surface area (Å²) in [5.74, 6) is 1.87. The molecule has 0 spiro atoms. The van der Waals surface area contributed by atoms with Crippen LogP contribution in [0.25, 0.3) is 5.69 Å². The molecule has 2 bridgehead atoms. The highest BCUT2D eigenvalue weighted by Crippen LogP contribution is 2.47. The Kier molecular flexibility index (Phi) is 4.21. The lowest BCUT2D eigenvalue weighted by Gasteiger charge is -2.26. The molecule has 2 aliphatic carbocycles. The summed E-state index contributed by atoms with van der Waals surface area (Å²) >= 11 is 0. The first-order valence-electron chi connectivity index (χ1n) is 8.88. The van der Waals surface area contributed by atoms with Crippen LogP contribution in [0.1, 0.15) is 25.0 Å². The summed E-state index contributed by atoms with van der Waals surface area (Å²) in [7, 11) is 1.64. The highest BCUT2D eigenvalue weighted by Gasteiger charge is 2.48. The Hall–Kier alpha value is -2.34. The number of hydrogen-bond acceptors (Lipinski definition) is 4. The SMILES string of the molecule is COc1ccc(-n2ccc(CNC(=O)C3C4CCC(C4)C3N)n2)cc1. The maximum absolute atomic E-state index is 12.5. The summed E-state index contributed by atoms with van der Waals surface area (Å²) in [5, 5.41) is 7.56. The Morgan fingerprint density at radius 1 is 1.28 bits per heavy atom. The second-order valence-corrected chi connectivity index (χ2v) is 7.10. The smallest absolute Gasteiger partial charge is 0.225 e. The fraction of sp³-hybridized carbons (Fsp3) is 0.474. The number of amides is 1. The summed E-state index contributed by atoms with van der Waals surface area (Å²) < 4.78 is 6.96. The fourth-order valence-electron chi connectivity index (χ4n) is 4.36. The summed E-state index contributed by atoms with van der Waals surface area (Å²) in [6.07, 6.45) is 5.34. The van der Waals surface area contributed by atoms with Crippen molar-refractivity contribution in [2.24, 2.45) is 23.5 Å². The third-order valence-corrected chi connectivity index (χ3v) is 5.71. The van der Waals surface area contributed by atoms with Gasteiger partial charge in [-0.3, -0.25) is 4.79 Å². The first-order valence-corrected chi connectivity index (χ1v) is 8.88. The van der Waals surface area contributed by atoms with E-state index in [-0.39, 0.29) is 17.9 Å². The van der Waals surface area contributed by atoms with Crippen molar-refractivity contribution in [1.29, 1.82) is 0 Å². The average molecular weight is 340 g/mol. The number of hydrogen-bond donors (Lipinski definition) is 2. The van der Waals surface area contributed by atoms with Crippen LogP contribution in [-0.4, -0.2) is 28.8 Å². The van der Waals surface area contributed by atoms with Crippen LogP contribution in [-0.2, 0) is 11.3 Å². The number of fused-ring (bicyclic) bond motifs is 2. The molecule has 3 N–H and O–H groups in total. The first-order chi connectivity index (χ1) is 12.2. The van der Waals surface area contributed by atoms with E-state index in [1.165, 1.54) is 6.42 Å². The predicted molar refractivity (Wildman–Crippen MR) is 94.3 cm³/mol. The molecule has 4 rings (SSSR count). The lowest BCUT2D eigenvalue weighted by Crippen LogP contribution is -2.45. The van der Waals surface area contributed by atoms with Crippen molar-refractivity contribution in [3.63, 3.8) is 0 Å². The van der Waals surface area contributed by atoms with Gasteiger partial charge in [-0.1, -0.05) is 0 Å². The molecule has 1 aromatic heterocycles. The van der Waals surface area contributed by atoms with Gasteiger partial charge in [-0.2, -0.15) is 5.10 Å². The van der Waals surface area contributed by atoms with Crippen LogP contribution >= 0.6 is 0 Å². The fourth-order valence-corrected chi connectivity index (χ4v) is 4.36. The first kappa shape index (κ1) is 16.1. The molecule has 2 saturated carbocycles. The van der Waals surface area contributed by atoms with E-state index in [1.807, 2.05) is 36.5 Å². The number of carbonyl (C=O) groups is 1. The van der Waals surface area contributed by atoms with Crippen LogP contribution in [0.3, 0.4) is 0 Å². The zero-order valence-electron chi connectivity index (χ0n) is 14.4. The van der Waals surface area contributed by atoms with E-state index in [2.05, 4.69) is 10.4 Å². The maximum atomic E-state index is 12.5. The van der Waals surface area contributed by atoms with E-state index in [9.17, 15) is 4.79 Å². The van der Waals surface area contributed by atoms with Gasteiger partial charge in [0.05, 0.1) is 31.0 Å². The van der Waals surface area contributed by atoms with Gasteiger partial charge in [0.2, 0.25) is 5.91 Å². The van der Waals surface area contributed by atoms with Crippen LogP contribution in [0.2, 0.25) is 0 Å². The molecular weight excluding hydrogens is 316 g/mol. The molecule has 6 heteroatoms. The van der Waals surface area contributed by atoms with Crippen molar-refractivity contribution in [3.05, 3.63) is 42.2 Å².